The second kappa shape index (κ2) is 6.79. The zero-order chi connectivity index (χ0) is 16.4. The molecule has 3 heteroatoms. The molecule has 1 atom stereocenters. The summed E-state index contributed by atoms with van der Waals surface area (Å²) in [6.45, 7) is 7.17. The van der Waals surface area contributed by atoms with E-state index in [9.17, 15) is 4.79 Å². The molecule has 0 aliphatic carbocycles. The number of benzene rings is 2. The van der Waals surface area contributed by atoms with Crippen molar-refractivity contribution in [2.75, 3.05) is 5.75 Å². The van der Waals surface area contributed by atoms with Gasteiger partial charge in [0.05, 0.1) is 5.75 Å². The van der Waals surface area contributed by atoms with Gasteiger partial charge in [-0.1, -0.05) is 67.9 Å². The Morgan fingerprint density at radius 3 is 2.35 bits per heavy atom. The average Bonchev–Trinajstić information content (AvgIpc) is 2.91. The van der Waals surface area contributed by atoms with Crippen molar-refractivity contribution in [2.24, 2.45) is 0 Å². The van der Waals surface area contributed by atoms with Crippen LogP contribution >= 0.6 is 11.8 Å². The molecule has 1 aliphatic heterocycles. The maximum atomic E-state index is 12.3. The van der Waals surface area contributed by atoms with Gasteiger partial charge in [0.1, 0.15) is 5.37 Å². The van der Waals surface area contributed by atoms with Crippen LogP contribution in [0.4, 0.5) is 0 Å². The molecular formula is C20H23NOS. The van der Waals surface area contributed by atoms with Crippen molar-refractivity contribution >= 4 is 17.7 Å². The van der Waals surface area contributed by atoms with Crippen molar-refractivity contribution in [1.82, 2.24) is 4.90 Å². The lowest BCUT2D eigenvalue weighted by Gasteiger charge is -2.24. The van der Waals surface area contributed by atoms with Crippen molar-refractivity contribution in [3.8, 4) is 0 Å². The minimum atomic E-state index is 0.130. The third-order valence-corrected chi connectivity index (χ3v) is 5.59. The van der Waals surface area contributed by atoms with E-state index in [1.54, 1.807) is 11.8 Å². The molecule has 0 aromatic heterocycles. The molecule has 0 N–H and O–H groups in total. The molecule has 2 aromatic carbocycles. The van der Waals surface area contributed by atoms with Crippen LogP contribution in [0, 0.1) is 6.92 Å². The second-order valence-electron chi connectivity index (χ2n) is 6.49. The van der Waals surface area contributed by atoms with Crippen LogP contribution in [0.2, 0.25) is 0 Å². The number of carbonyl (C=O) groups excluding carboxylic acids is 1. The van der Waals surface area contributed by atoms with E-state index in [-0.39, 0.29) is 11.3 Å². The van der Waals surface area contributed by atoms with Crippen LogP contribution in [0.1, 0.15) is 47.4 Å². The van der Waals surface area contributed by atoms with Gasteiger partial charge in [-0.05, 0) is 29.5 Å². The summed E-state index contributed by atoms with van der Waals surface area (Å²) < 4.78 is 0. The van der Waals surface area contributed by atoms with E-state index in [1.807, 2.05) is 4.90 Å². The number of hydrogen-bond acceptors (Lipinski definition) is 2. The summed E-state index contributed by atoms with van der Waals surface area (Å²) in [7, 11) is 0. The molecular weight excluding hydrogens is 302 g/mol. The first-order valence-corrected chi connectivity index (χ1v) is 9.16. The van der Waals surface area contributed by atoms with Crippen LogP contribution in [0.15, 0.2) is 48.5 Å². The van der Waals surface area contributed by atoms with Crippen molar-refractivity contribution < 1.29 is 4.79 Å². The molecule has 1 fully saturated rings. The first-order chi connectivity index (χ1) is 11.0. The highest BCUT2D eigenvalue weighted by Gasteiger charge is 2.32. The van der Waals surface area contributed by atoms with Gasteiger partial charge in [0.15, 0.2) is 0 Å². The lowest BCUT2D eigenvalue weighted by molar-refractivity contribution is -0.128. The zero-order valence-electron chi connectivity index (χ0n) is 14.0. The Morgan fingerprint density at radius 1 is 1.09 bits per heavy atom. The maximum Gasteiger partial charge on any atom is 0.234 e. The molecule has 0 bridgehead atoms. The molecule has 2 aromatic rings. The Morgan fingerprint density at radius 2 is 1.74 bits per heavy atom. The minimum Gasteiger partial charge on any atom is -0.322 e. The Balaban J connectivity index is 1.80. The van der Waals surface area contributed by atoms with Crippen LogP contribution in [0.25, 0.3) is 0 Å². The van der Waals surface area contributed by atoms with Crippen LogP contribution < -0.4 is 0 Å². The standard InChI is InChI=1S/C20H23NOS/c1-14(2)17-8-10-18(11-9-17)20-21(19(22)13-23-20)12-16-6-4-15(3)5-7-16/h4-11,14,20H,12-13H2,1-3H3/t20-/m0/s1. The van der Waals surface area contributed by atoms with E-state index in [1.165, 1.54) is 22.3 Å². The van der Waals surface area contributed by atoms with Crippen molar-refractivity contribution in [3.63, 3.8) is 0 Å². The SMILES string of the molecule is Cc1ccc(CN2C(=O)CS[C@H]2c2ccc(C(C)C)cc2)cc1. The van der Waals surface area contributed by atoms with E-state index < -0.39 is 0 Å². The first kappa shape index (κ1) is 16.1. The molecule has 1 amide bonds. The first-order valence-electron chi connectivity index (χ1n) is 8.11. The normalized spacial score (nSPS) is 18.0. The fourth-order valence-electron chi connectivity index (χ4n) is 2.84. The molecule has 2 nitrogen and oxygen atoms in total. The molecule has 3 rings (SSSR count). The Labute approximate surface area is 142 Å². The third-order valence-electron chi connectivity index (χ3n) is 4.33. The van der Waals surface area contributed by atoms with Crippen LogP contribution in [-0.2, 0) is 11.3 Å². The zero-order valence-corrected chi connectivity index (χ0v) is 14.8. The van der Waals surface area contributed by atoms with E-state index in [4.69, 9.17) is 0 Å². The Bertz CT molecular complexity index is 676. The van der Waals surface area contributed by atoms with Gasteiger partial charge in [0.2, 0.25) is 5.91 Å². The highest BCUT2D eigenvalue weighted by Crippen LogP contribution is 2.39. The molecule has 0 unspecified atom stereocenters. The van der Waals surface area contributed by atoms with Crippen LogP contribution in [0.3, 0.4) is 0 Å². The largest absolute Gasteiger partial charge is 0.322 e. The summed E-state index contributed by atoms with van der Waals surface area (Å²) in [5, 5.41) is 0.130. The number of nitrogens with zero attached hydrogens (tertiary/aromatic N) is 1. The molecule has 23 heavy (non-hydrogen) atoms. The fraction of sp³-hybridized carbons (Fsp3) is 0.350. The topological polar surface area (TPSA) is 20.3 Å². The lowest BCUT2D eigenvalue weighted by atomic mass is 10.0. The second-order valence-corrected chi connectivity index (χ2v) is 7.56. The number of hydrogen-bond donors (Lipinski definition) is 0. The maximum absolute atomic E-state index is 12.3. The van der Waals surface area contributed by atoms with Gasteiger partial charge in [-0.2, -0.15) is 0 Å². The van der Waals surface area contributed by atoms with Gasteiger partial charge >= 0.3 is 0 Å². The predicted molar refractivity (Wildman–Crippen MR) is 97.5 cm³/mol. The van der Waals surface area contributed by atoms with Crippen molar-refractivity contribution in [3.05, 3.63) is 70.8 Å². The summed E-state index contributed by atoms with van der Waals surface area (Å²) in [6.07, 6.45) is 0. The summed E-state index contributed by atoms with van der Waals surface area (Å²) in [6, 6.07) is 17.2. The Kier molecular flexibility index (Phi) is 4.76. The summed E-state index contributed by atoms with van der Waals surface area (Å²) in [5.74, 6) is 1.33. The van der Waals surface area contributed by atoms with Gasteiger partial charge in [-0.3, -0.25) is 4.79 Å². The summed E-state index contributed by atoms with van der Waals surface area (Å²) >= 11 is 1.72. The van der Waals surface area contributed by atoms with Gasteiger partial charge in [0, 0.05) is 6.54 Å². The molecule has 0 saturated carbocycles. The number of aryl methyl sites for hydroxylation is 1. The molecule has 1 saturated heterocycles. The third kappa shape index (κ3) is 3.61. The van der Waals surface area contributed by atoms with Crippen LogP contribution in [0.5, 0.6) is 0 Å². The number of rotatable bonds is 4. The fourth-order valence-corrected chi connectivity index (χ4v) is 4.02. The van der Waals surface area contributed by atoms with Gasteiger partial charge in [0.25, 0.3) is 0 Å². The van der Waals surface area contributed by atoms with E-state index >= 15 is 0 Å². The average molecular weight is 325 g/mol. The van der Waals surface area contributed by atoms with Crippen molar-refractivity contribution in [2.45, 2.75) is 38.6 Å². The number of thioether (sulfide) groups is 1. The highest BCUT2D eigenvalue weighted by atomic mass is 32.2. The van der Waals surface area contributed by atoms with Crippen molar-refractivity contribution in [1.29, 1.82) is 0 Å². The number of carbonyl (C=O) groups is 1. The van der Waals surface area contributed by atoms with Gasteiger partial charge < -0.3 is 4.90 Å². The smallest absolute Gasteiger partial charge is 0.234 e. The van der Waals surface area contributed by atoms with Gasteiger partial charge in [-0.15, -0.1) is 11.8 Å². The molecule has 0 spiro atoms. The molecule has 1 heterocycles. The van der Waals surface area contributed by atoms with Crippen LogP contribution in [-0.4, -0.2) is 16.6 Å². The molecule has 1 aliphatic rings. The van der Waals surface area contributed by atoms with E-state index in [2.05, 4.69) is 69.3 Å². The summed E-state index contributed by atoms with van der Waals surface area (Å²) in [4.78, 5) is 14.3. The van der Waals surface area contributed by atoms with Gasteiger partial charge in [-0.25, -0.2) is 0 Å². The summed E-state index contributed by atoms with van der Waals surface area (Å²) in [5.41, 5.74) is 5.00. The lowest BCUT2D eigenvalue weighted by Crippen LogP contribution is -2.27. The monoisotopic (exact) mass is 325 g/mol. The van der Waals surface area contributed by atoms with E-state index in [0.29, 0.717) is 18.2 Å². The van der Waals surface area contributed by atoms with E-state index in [0.717, 1.165) is 0 Å². The highest BCUT2D eigenvalue weighted by molar-refractivity contribution is 8.00. The molecule has 0 radical (unpaired) electrons. The quantitative estimate of drug-likeness (QED) is 0.797. The number of amides is 1. The Hall–Kier alpha value is -1.74. The predicted octanol–water partition coefficient (Wildman–Crippen LogP) is 4.89. The molecule has 120 valence electrons. The minimum absolute atomic E-state index is 0.130.